The number of ether oxygens (including phenoxy) is 1. The lowest BCUT2D eigenvalue weighted by molar-refractivity contribution is -0.130. The third-order valence-corrected chi connectivity index (χ3v) is 3.42. The quantitative estimate of drug-likeness (QED) is 0.773. The lowest BCUT2D eigenvalue weighted by Crippen LogP contribution is -2.35. The van der Waals surface area contributed by atoms with E-state index in [1.807, 2.05) is 37.3 Å². The molecule has 2 atom stereocenters. The first kappa shape index (κ1) is 14.3. The van der Waals surface area contributed by atoms with Crippen molar-refractivity contribution in [3.8, 4) is 0 Å². The topological polar surface area (TPSA) is 46.6 Å². The molecule has 0 spiro atoms. The Morgan fingerprint density at radius 1 is 1.50 bits per heavy atom. The summed E-state index contributed by atoms with van der Waals surface area (Å²) in [5.41, 5.74) is 0.920. The predicted molar refractivity (Wildman–Crippen MR) is 76.0 cm³/mol. The number of benzene rings is 1. The van der Waals surface area contributed by atoms with E-state index in [4.69, 9.17) is 4.74 Å². The largest absolute Gasteiger partial charge is 0.446 e. The van der Waals surface area contributed by atoms with E-state index in [-0.39, 0.29) is 24.5 Å². The number of carbonyl (C=O) groups is 2. The Hall–Kier alpha value is -2.10. The van der Waals surface area contributed by atoms with Gasteiger partial charge in [0.2, 0.25) is 5.91 Å². The summed E-state index contributed by atoms with van der Waals surface area (Å²) in [7, 11) is 0. The Kier molecular flexibility index (Phi) is 4.56. The van der Waals surface area contributed by atoms with Crippen molar-refractivity contribution in [3.05, 3.63) is 48.6 Å². The van der Waals surface area contributed by atoms with E-state index >= 15 is 0 Å². The summed E-state index contributed by atoms with van der Waals surface area (Å²) in [4.78, 5) is 25.4. The maximum absolute atomic E-state index is 12.3. The molecule has 1 aromatic carbocycles. The molecular weight excluding hydrogens is 254 g/mol. The van der Waals surface area contributed by atoms with Crippen molar-refractivity contribution >= 4 is 12.0 Å². The van der Waals surface area contributed by atoms with E-state index < -0.39 is 6.09 Å². The van der Waals surface area contributed by atoms with Crippen LogP contribution in [0, 0.1) is 5.92 Å². The molecule has 0 radical (unpaired) electrons. The molecule has 2 amide bonds. The van der Waals surface area contributed by atoms with Gasteiger partial charge in [-0.15, -0.1) is 6.58 Å². The first-order valence-electron chi connectivity index (χ1n) is 6.78. The molecule has 1 fully saturated rings. The Morgan fingerprint density at radius 2 is 2.20 bits per heavy atom. The van der Waals surface area contributed by atoms with Crippen molar-refractivity contribution in [1.82, 2.24) is 4.90 Å². The predicted octanol–water partition coefficient (Wildman–Crippen LogP) is 3.31. The van der Waals surface area contributed by atoms with E-state index in [9.17, 15) is 9.59 Å². The first-order chi connectivity index (χ1) is 9.63. The van der Waals surface area contributed by atoms with E-state index in [1.54, 1.807) is 6.08 Å². The molecule has 0 saturated carbocycles. The smallest absolute Gasteiger partial charge is 0.417 e. The highest BCUT2D eigenvalue weighted by molar-refractivity contribution is 5.93. The van der Waals surface area contributed by atoms with Crippen LogP contribution in [0.4, 0.5) is 4.79 Å². The Balaban J connectivity index is 2.13. The van der Waals surface area contributed by atoms with Gasteiger partial charge in [-0.1, -0.05) is 43.3 Å². The van der Waals surface area contributed by atoms with Crippen molar-refractivity contribution in [1.29, 1.82) is 0 Å². The van der Waals surface area contributed by atoms with Gasteiger partial charge in [-0.25, -0.2) is 9.69 Å². The molecular formula is C16H19NO3. The number of rotatable bonds is 5. The molecule has 4 nitrogen and oxygen atoms in total. The fourth-order valence-corrected chi connectivity index (χ4v) is 2.38. The van der Waals surface area contributed by atoms with Crippen LogP contribution in [-0.2, 0) is 9.53 Å². The Bertz CT molecular complexity index is 498. The molecule has 0 N–H and O–H groups in total. The average Bonchev–Trinajstić information content (AvgIpc) is 2.82. The Labute approximate surface area is 119 Å². The molecule has 2 rings (SSSR count). The SMILES string of the molecule is C=CC[C@@H](C)CC(=O)N1C(=O)OC[C@H]1c1ccccc1. The van der Waals surface area contributed by atoms with Crippen molar-refractivity contribution in [2.45, 2.75) is 25.8 Å². The molecule has 4 heteroatoms. The highest BCUT2D eigenvalue weighted by Gasteiger charge is 2.38. The molecule has 1 aliphatic rings. The van der Waals surface area contributed by atoms with Gasteiger partial charge < -0.3 is 4.74 Å². The summed E-state index contributed by atoms with van der Waals surface area (Å²) in [6.45, 7) is 5.86. The number of hydrogen-bond donors (Lipinski definition) is 0. The second kappa shape index (κ2) is 6.37. The van der Waals surface area contributed by atoms with Crippen LogP contribution < -0.4 is 0 Å². The highest BCUT2D eigenvalue weighted by atomic mass is 16.6. The molecule has 1 aromatic rings. The van der Waals surface area contributed by atoms with Crippen LogP contribution in [0.25, 0.3) is 0 Å². The molecule has 1 saturated heterocycles. The van der Waals surface area contributed by atoms with Gasteiger partial charge >= 0.3 is 6.09 Å². The number of hydrogen-bond acceptors (Lipinski definition) is 3. The van der Waals surface area contributed by atoms with Crippen LogP contribution in [0.1, 0.15) is 31.4 Å². The normalized spacial score (nSPS) is 19.6. The average molecular weight is 273 g/mol. The number of cyclic esters (lactones) is 1. The second-order valence-corrected chi connectivity index (χ2v) is 5.10. The van der Waals surface area contributed by atoms with Crippen LogP contribution in [0.5, 0.6) is 0 Å². The molecule has 1 heterocycles. The van der Waals surface area contributed by atoms with Crippen LogP contribution >= 0.6 is 0 Å². The molecule has 0 aliphatic carbocycles. The molecule has 0 unspecified atom stereocenters. The van der Waals surface area contributed by atoms with Gasteiger partial charge in [0, 0.05) is 6.42 Å². The van der Waals surface area contributed by atoms with Crippen molar-refractivity contribution in [2.75, 3.05) is 6.61 Å². The van der Waals surface area contributed by atoms with Crippen LogP contribution in [0.2, 0.25) is 0 Å². The summed E-state index contributed by atoms with van der Waals surface area (Å²) in [6.07, 6.45) is 2.32. The van der Waals surface area contributed by atoms with Crippen molar-refractivity contribution in [2.24, 2.45) is 5.92 Å². The van der Waals surface area contributed by atoms with E-state index in [2.05, 4.69) is 6.58 Å². The maximum atomic E-state index is 12.3. The Morgan fingerprint density at radius 3 is 2.85 bits per heavy atom. The fourth-order valence-electron chi connectivity index (χ4n) is 2.38. The summed E-state index contributed by atoms with van der Waals surface area (Å²) in [5, 5.41) is 0. The van der Waals surface area contributed by atoms with Crippen molar-refractivity contribution < 1.29 is 14.3 Å². The summed E-state index contributed by atoms with van der Waals surface area (Å²) in [6, 6.07) is 9.18. The second-order valence-electron chi connectivity index (χ2n) is 5.10. The van der Waals surface area contributed by atoms with Crippen LogP contribution in [-0.4, -0.2) is 23.5 Å². The van der Waals surface area contributed by atoms with Gasteiger partial charge in [-0.05, 0) is 17.9 Å². The standard InChI is InChI=1S/C16H19NO3/c1-3-7-12(2)10-15(18)17-14(11-20-16(17)19)13-8-5-4-6-9-13/h3-6,8-9,12,14H,1,7,10-11H2,2H3/t12-,14+/m1/s1. The van der Waals surface area contributed by atoms with Gasteiger partial charge in [0.15, 0.2) is 0 Å². The minimum atomic E-state index is -0.547. The summed E-state index contributed by atoms with van der Waals surface area (Å²) < 4.78 is 5.04. The van der Waals surface area contributed by atoms with Gasteiger partial charge in [-0.3, -0.25) is 4.79 Å². The van der Waals surface area contributed by atoms with E-state index in [0.29, 0.717) is 6.42 Å². The highest BCUT2D eigenvalue weighted by Crippen LogP contribution is 2.29. The van der Waals surface area contributed by atoms with Crippen LogP contribution in [0.15, 0.2) is 43.0 Å². The van der Waals surface area contributed by atoms with E-state index in [1.165, 1.54) is 4.90 Å². The van der Waals surface area contributed by atoms with Gasteiger partial charge in [0.05, 0.1) is 0 Å². The monoisotopic (exact) mass is 273 g/mol. The number of allylic oxidation sites excluding steroid dienone is 1. The summed E-state index contributed by atoms with van der Waals surface area (Å²) >= 11 is 0. The molecule has 1 aliphatic heterocycles. The van der Waals surface area contributed by atoms with E-state index in [0.717, 1.165) is 12.0 Å². The lowest BCUT2D eigenvalue weighted by Gasteiger charge is -2.21. The molecule has 106 valence electrons. The molecule has 20 heavy (non-hydrogen) atoms. The zero-order chi connectivity index (χ0) is 14.5. The minimum absolute atomic E-state index is 0.171. The maximum Gasteiger partial charge on any atom is 0.417 e. The summed E-state index contributed by atoms with van der Waals surface area (Å²) in [5.74, 6) is -0.0134. The van der Waals surface area contributed by atoms with Gasteiger partial charge in [0.25, 0.3) is 0 Å². The van der Waals surface area contributed by atoms with Gasteiger partial charge in [-0.2, -0.15) is 0 Å². The molecule has 0 aromatic heterocycles. The third kappa shape index (κ3) is 3.07. The fraction of sp³-hybridized carbons (Fsp3) is 0.375. The number of imide groups is 1. The lowest BCUT2D eigenvalue weighted by atomic mass is 10.0. The number of amides is 2. The van der Waals surface area contributed by atoms with Gasteiger partial charge in [0.1, 0.15) is 12.6 Å². The first-order valence-corrected chi connectivity index (χ1v) is 6.78. The zero-order valence-electron chi connectivity index (χ0n) is 11.6. The van der Waals surface area contributed by atoms with Crippen molar-refractivity contribution in [3.63, 3.8) is 0 Å². The minimum Gasteiger partial charge on any atom is -0.446 e. The number of nitrogens with zero attached hydrogens (tertiary/aromatic N) is 1. The zero-order valence-corrected chi connectivity index (χ0v) is 11.6. The van der Waals surface area contributed by atoms with Crippen LogP contribution in [0.3, 0.4) is 0 Å². The number of carbonyl (C=O) groups excluding carboxylic acids is 2. The molecule has 0 bridgehead atoms. The third-order valence-electron chi connectivity index (χ3n) is 3.42.